The lowest BCUT2D eigenvalue weighted by atomic mass is 10.0. The molecule has 5 heterocycles. The fourth-order valence-electron chi connectivity index (χ4n) is 6.20. The van der Waals surface area contributed by atoms with Crippen LogP contribution < -0.4 is 10.6 Å². The van der Waals surface area contributed by atoms with E-state index in [2.05, 4.69) is 21.5 Å². The Bertz CT molecular complexity index is 2030. The van der Waals surface area contributed by atoms with Crippen LogP contribution in [-0.4, -0.2) is 56.0 Å². The van der Waals surface area contributed by atoms with Crippen molar-refractivity contribution < 1.29 is 18.0 Å². The van der Waals surface area contributed by atoms with E-state index in [1.165, 1.54) is 29.0 Å². The number of hydrogen-bond donors (Lipinski definition) is 0. The first kappa shape index (κ1) is 27.9. The number of benzene rings is 1. The van der Waals surface area contributed by atoms with Crippen molar-refractivity contribution in [1.29, 1.82) is 0 Å². The number of amides is 1. The number of rotatable bonds is 6. The molecule has 0 radical (unpaired) electrons. The van der Waals surface area contributed by atoms with Gasteiger partial charge in [0.1, 0.15) is 28.6 Å². The molecule has 5 aromatic rings. The smallest absolute Gasteiger partial charge is 0.351 e. The van der Waals surface area contributed by atoms with Crippen molar-refractivity contribution in [3.8, 4) is 11.3 Å². The van der Waals surface area contributed by atoms with Gasteiger partial charge in [0.05, 0.1) is 23.8 Å². The second-order valence-electron chi connectivity index (χ2n) is 11.6. The zero-order valence-electron chi connectivity index (χ0n) is 24.4. The first-order valence-corrected chi connectivity index (χ1v) is 14.6. The van der Waals surface area contributed by atoms with E-state index in [1.807, 2.05) is 24.8 Å². The minimum Gasteiger partial charge on any atom is -0.464 e. The maximum absolute atomic E-state index is 16.1. The van der Waals surface area contributed by atoms with Gasteiger partial charge in [0.2, 0.25) is 5.91 Å². The van der Waals surface area contributed by atoms with Crippen molar-refractivity contribution in [2.24, 2.45) is 0 Å². The standard InChI is InChI=1S/C33H30F2N6O3/c1-4-26(42)39-12-13-40(19(3)16-39)32-22-15-25(35)29(27-24(34)8-7-21-10-14-44-30(21)27)37-31(22)41(33(43)38-32)17-23-18(2)9-11-36-28(23)20-5-6-20/h4,7-11,14-15,19-20H,1,5-6,12-13,16-17H2,2-3H3/t19-/m0/s1. The first-order valence-electron chi connectivity index (χ1n) is 14.6. The van der Waals surface area contributed by atoms with Gasteiger partial charge >= 0.3 is 5.69 Å². The third-order valence-electron chi connectivity index (χ3n) is 8.68. The second-order valence-corrected chi connectivity index (χ2v) is 11.6. The van der Waals surface area contributed by atoms with Crippen LogP contribution in [0, 0.1) is 18.6 Å². The van der Waals surface area contributed by atoms with Crippen LogP contribution in [0.15, 0.2) is 64.7 Å². The molecule has 0 N–H and O–H groups in total. The summed E-state index contributed by atoms with van der Waals surface area (Å²) in [6.45, 7) is 8.69. The molecule has 1 aliphatic carbocycles. The highest BCUT2D eigenvalue weighted by Crippen LogP contribution is 2.41. The summed E-state index contributed by atoms with van der Waals surface area (Å²) in [5, 5.41) is 0.902. The lowest BCUT2D eigenvalue weighted by Gasteiger charge is -2.40. The number of fused-ring (bicyclic) bond motifs is 2. The van der Waals surface area contributed by atoms with Crippen molar-refractivity contribution in [2.45, 2.75) is 45.2 Å². The van der Waals surface area contributed by atoms with Crippen molar-refractivity contribution in [2.75, 3.05) is 24.5 Å². The summed E-state index contributed by atoms with van der Waals surface area (Å²) in [6.07, 6.45) is 6.49. The molecule has 9 nitrogen and oxygen atoms in total. The molecule has 0 spiro atoms. The van der Waals surface area contributed by atoms with Crippen LogP contribution in [0.25, 0.3) is 33.3 Å². The summed E-state index contributed by atoms with van der Waals surface area (Å²) in [5.74, 6) is -1.08. The van der Waals surface area contributed by atoms with Crippen LogP contribution >= 0.6 is 0 Å². The Balaban J connectivity index is 1.45. The monoisotopic (exact) mass is 596 g/mol. The Kier molecular flexibility index (Phi) is 6.75. The molecule has 1 aliphatic heterocycles. The predicted molar refractivity (Wildman–Crippen MR) is 163 cm³/mol. The number of carbonyl (C=O) groups is 1. The Morgan fingerprint density at radius 2 is 1.95 bits per heavy atom. The predicted octanol–water partition coefficient (Wildman–Crippen LogP) is 5.34. The zero-order chi connectivity index (χ0) is 30.7. The number of aromatic nitrogens is 4. The van der Waals surface area contributed by atoms with E-state index < -0.39 is 17.3 Å². The van der Waals surface area contributed by atoms with Gasteiger partial charge in [-0.3, -0.25) is 14.3 Å². The number of hydrogen-bond acceptors (Lipinski definition) is 7. The van der Waals surface area contributed by atoms with Gasteiger partial charge < -0.3 is 14.2 Å². The van der Waals surface area contributed by atoms with Crippen LogP contribution in [0.4, 0.5) is 14.6 Å². The van der Waals surface area contributed by atoms with Crippen molar-refractivity contribution in [3.63, 3.8) is 0 Å². The Morgan fingerprint density at radius 1 is 1.14 bits per heavy atom. The van der Waals surface area contributed by atoms with E-state index in [9.17, 15) is 9.59 Å². The van der Waals surface area contributed by atoms with Gasteiger partial charge in [0, 0.05) is 48.9 Å². The lowest BCUT2D eigenvalue weighted by Crippen LogP contribution is -2.54. The normalized spacial score (nSPS) is 17.0. The molecule has 1 aromatic carbocycles. The molecule has 44 heavy (non-hydrogen) atoms. The van der Waals surface area contributed by atoms with Crippen molar-refractivity contribution >= 4 is 33.7 Å². The summed E-state index contributed by atoms with van der Waals surface area (Å²) in [5.41, 5.74) is 2.17. The molecule has 0 bridgehead atoms. The summed E-state index contributed by atoms with van der Waals surface area (Å²) >= 11 is 0. The molecule has 1 saturated carbocycles. The fourth-order valence-corrected chi connectivity index (χ4v) is 6.20. The number of halogens is 2. The maximum atomic E-state index is 16.1. The number of anilines is 1. The number of pyridine rings is 2. The average Bonchev–Trinajstić information content (AvgIpc) is 3.75. The number of aryl methyl sites for hydroxylation is 1. The first-order chi connectivity index (χ1) is 21.2. The number of piperazine rings is 1. The van der Waals surface area contributed by atoms with Gasteiger partial charge in [-0.05, 0) is 74.2 Å². The van der Waals surface area contributed by atoms with Crippen LogP contribution in [0.1, 0.15) is 42.5 Å². The van der Waals surface area contributed by atoms with Gasteiger partial charge in [-0.2, -0.15) is 4.98 Å². The van der Waals surface area contributed by atoms with E-state index >= 15 is 8.78 Å². The Labute approximate surface area is 251 Å². The largest absolute Gasteiger partial charge is 0.464 e. The van der Waals surface area contributed by atoms with Crippen LogP contribution in [0.2, 0.25) is 0 Å². The quantitative estimate of drug-likeness (QED) is 0.244. The third-order valence-corrected chi connectivity index (χ3v) is 8.68. The zero-order valence-corrected chi connectivity index (χ0v) is 24.4. The van der Waals surface area contributed by atoms with E-state index in [0.717, 1.165) is 29.7 Å². The highest BCUT2D eigenvalue weighted by molar-refractivity contribution is 5.95. The molecule has 0 unspecified atom stereocenters. The second kappa shape index (κ2) is 10.7. The average molecular weight is 597 g/mol. The number of carbonyl (C=O) groups excluding carboxylic acids is 1. The molecule has 1 amide bonds. The van der Waals surface area contributed by atoms with Crippen LogP contribution in [-0.2, 0) is 11.3 Å². The Morgan fingerprint density at radius 3 is 2.70 bits per heavy atom. The number of nitrogens with zero attached hydrogens (tertiary/aromatic N) is 6. The van der Waals surface area contributed by atoms with Crippen LogP contribution in [0.3, 0.4) is 0 Å². The topological polar surface area (TPSA) is 97.4 Å². The van der Waals surface area contributed by atoms with E-state index in [0.29, 0.717) is 36.3 Å². The molecule has 11 heteroatoms. The van der Waals surface area contributed by atoms with Gasteiger partial charge in [-0.25, -0.2) is 18.6 Å². The minimum absolute atomic E-state index is 0.120. The van der Waals surface area contributed by atoms with E-state index in [1.54, 1.807) is 23.2 Å². The van der Waals surface area contributed by atoms with E-state index in [4.69, 9.17) is 4.42 Å². The van der Waals surface area contributed by atoms with Gasteiger partial charge in [0.25, 0.3) is 0 Å². The minimum atomic E-state index is -0.780. The molecule has 4 aromatic heterocycles. The highest BCUT2D eigenvalue weighted by Gasteiger charge is 2.32. The summed E-state index contributed by atoms with van der Waals surface area (Å²) in [6, 6.07) is 7.39. The Hall–Kier alpha value is -4.93. The number of furan rings is 1. The SMILES string of the molecule is C=CC(=O)N1CCN(c2nc(=O)n(Cc3c(C)ccnc3C3CC3)c3nc(-c4c(F)ccc5ccoc45)c(F)cc23)[C@@H](C)C1. The third kappa shape index (κ3) is 4.63. The summed E-state index contributed by atoms with van der Waals surface area (Å²) in [4.78, 5) is 43.5. The maximum Gasteiger partial charge on any atom is 0.351 e. The highest BCUT2D eigenvalue weighted by atomic mass is 19.1. The molecule has 1 saturated heterocycles. The van der Waals surface area contributed by atoms with Crippen molar-refractivity contribution in [1.82, 2.24) is 24.4 Å². The van der Waals surface area contributed by atoms with E-state index in [-0.39, 0.29) is 46.8 Å². The van der Waals surface area contributed by atoms with Gasteiger partial charge in [-0.1, -0.05) is 6.58 Å². The molecule has 1 atom stereocenters. The molecular weight excluding hydrogens is 566 g/mol. The molecule has 2 aliphatic rings. The molecule has 224 valence electrons. The molecule has 7 rings (SSSR count). The summed E-state index contributed by atoms with van der Waals surface area (Å²) in [7, 11) is 0. The molecule has 2 fully saturated rings. The fraction of sp³-hybridized carbons (Fsp3) is 0.303. The summed E-state index contributed by atoms with van der Waals surface area (Å²) < 4.78 is 38.4. The van der Waals surface area contributed by atoms with Gasteiger partial charge in [0.15, 0.2) is 5.82 Å². The van der Waals surface area contributed by atoms with Gasteiger partial charge in [-0.15, -0.1) is 0 Å². The van der Waals surface area contributed by atoms with Crippen LogP contribution in [0.5, 0.6) is 0 Å². The molecular formula is C33H30F2N6O3. The van der Waals surface area contributed by atoms with Crippen molar-refractivity contribution in [3.05, 3.63) is 94.4 Å². The lowest BCUT2D eigenvalue weighted by molar-refractivity contribution is -0.126.